The van der Waals surface area contributed by atoms with E-state index in [-0.39, 0.29) is 29.7 Å². The van der Waals surface area contributed by atoms with Gasteiger partial charge in [-0.1, -0.05) is 23.2 Å². The molecule has 0 atom stereocenters. The summed E-state index contributed by atoms with van der Waals surface area (Å²) in [6, 6.07) is 11.0. The fourth-order valence-electron chi connectivity index (χ4n) is 2.31. The molecule has 0 bridgehead atoms. The maximum atomic E-state index is 12.3. The fraction of sp³-hybridized carbons (Fsp3) is 0.158. The quantitative estimate of drug-likeness (QED) is 0.462. The molecule has 0 unspecified atom stereocenters. The van der Waals surface area contributed by atoms with E-state index in [0.717, 1.165) is 5.01 Å². The van der Waals surface area contributed by atoms with E-state index >= 15 is 0 Å². The number of benzene rings is 2. The second-order valence-electron chi connectivity index (χ2n) is 5.72. The zero-order valence-electron chi connectivity index (χ0n) is 14.7. The van der Waals surface area contributed by atoms with Crippen LogP contribution in [0.4, 0.5) is 14.5 Å². The normalized spacial score (nSPS) is 10.8. The average Bonchev–Trinajstić information content (AvgIpc) is 3.10. The van der Waals surface area contributed by atoms with E-state index < -0.39 is 6.61 Å². The van der Waals surface area contributed by atoms with Crippen molar-refractivity contribution in [3.05, 3.63) is 68.6 Å². The smallest absolute Gasteiger partial charge is 0.387 e. The van der Waals surface area contributed by atoms with Gasteiger partial charge in [0.2, 0.25) is 5.91 Å². The summed E-state index contributed by atoms with van der Waals surface area (Å²) >= 11 is 13.1. The summed E-state index contributed by atoms with van der Waals surface area (Å²) in [4.78, 5) is 16.6. The number of carbonyl (C=O) groups excluding carboxylic acids is 1. The molecule has 5 nitrogen and oxygen atoms in total. The van der Waals surface area contributed by atoms with Crippen LogP contribution in [-0.2, 0) is 17.8 Å². The first-order valence-electron chi connectivity index (χ1n) is 8.25. The number of anilines is 1. The van der Waals surface area contributed by atoms with Crippen molar-refractivity contribution in [2.24, 2.45) is 0 Å². The molecule has 0 aliphatic carbocycles. The van der Waals surface area contributed by atoms with E-state index in [0.29, 0.717) is 22.2 Å². The lowest BCUT2D eigenvalue weighted by atomic mass is 10.2. The largest absolute Gasteiger partial charge is 0.486 e. The van der Waals surface area contributed by atoms with Gasteiger partial charge in [0.1, 0.15) is 23.1 Å². The van der Waals surface area contributed by atoms with Crippen LogP contribution in [0, 0.1) is 0 Å². The van der Waals surface area contributed by atoms with Crippen molar-refractivity contribution < 1.29 is 23.0 Å². The number of carbonyl (C=O) groups is 1. The highest BCUT2D eigenvalue weighted by Gasteiger charge is 2.12. The zero-order valence-corrected chi connectivity index (χ0v) is 17.0. The van der Waals surface area contributed by atoms with Gasteiger partial charge >= 0.3 is 6.61 Å². The summed E-state index contributed by atoms with van der Waals surface area (Å²) in [5.74, 6) is 0.184. The Labute approximate surface area is 179 Å². The highest BCUT2D eigenvalue weighted by Crippen LogP contribution is 2.29. The molecule has 0 fully saturated rings. The van der Waals surface area contributed by atoms with Gasteiger partial charge in [0.05, 0.1) is 17.1 Å². The van der Waals surface area contributed by atoms with Crippen LogP contribution in [0.2, 0.25) is 10.0 Å². The monoisotopic (exact) mass is 458 g/mol. The zero-order chi connectivity index (χ0) is 20.8. The Balaban J connectivity index is 1.52. The molecule has 2 aromatic carbocycles. The molecule has 152 valence electrons. The molecular formula is C19H14Cl2F2N2O3S. The first-order chi connectivity index (χ1) is 13.9. The predicted octanol–water partition coefficient (Wildman–Crippen LogP) is 5.81. The van der Waals surface area contributed by atoms with Gasteiger partial charge in [-0.15, -0.1) is 11.3 Å². The number of halogens is 4. The van der Waals surface area contributed by atoms with Crippen molar-refractivity contribution in [1.82, 2.24) is 4.98 Å². The topological polar surface area (TPSA) is 60.5 Å². The van der Waals surface area contributed by atoms with Crippen molar-refractivity contribution in [2.75, 3.05) is 5.32 Å². The van der Waals surface area contributed by atoms with Crippen molar-refractivity contribution in [2.45, 2.75) is 19.6 Å². The van der Waals surface area contributed by atoms with Crippen LogP contribution >= 0.6 is 34.5 Å². The minimum absolute atomic E-state index is 0.0293. The SMILES string of the molecule is O=C(Cc1csc(COc2ccc(Cl)cc2)n1)Nc1ccc(OC(F)F)c(Cl)c1. The minimum Gasteiger partial charge on any atom is -0.486 e. The van der Waals surface area contributed by atoms with Gasteiger partial charge in [-0.25, -0.2) is 4.98 Å². The second kappa shape index (κ2) is 9.87. The van der Waals surface area contributed by atoms with E-state index in [1.165, 1.54) is 29.5 Å². The number of aromatic nitrogens is 1. The molecule has 3 rings (SSSR count). The van der Waals surface area contributed by atoms with Gasteiger partial charge in [0, 0.05) is 16.1 Å². The Morgan fingerprint density at radius 2 is 1.93 bits per heavy atom. The van der Waals surface area contributed by atoms with E-state index in [1.54, 1.807) is 29.6 Å². The van der Waals surface area contributed by atoms with Crippen LogP contribution in [0.25, 0.3) is 0 Å². The van der Waals surface area contributed by atoms with Crippen LogP contribution in [0.15, 0.2) is 47.8 Å². The van der Waals surface area contributed by atoms with Gasteiger partial charge in [0.25, 0.3) is 0 Å². The fourth-order valence-corrected chi connectivity index (χ4v) is 3.37. The Morgan fingerprint density at radius 1 is 1.17 bits per heavy atom. The molecule has 1 amide bonds. The molecule has 0 saturated heterocycles. The molecule has 0 saturated carbocycles. The molecule has 0 aliphatic heterocycles. The number of thiazole rings is 1. The number of ether oxygens (including phenoxy) is 2. The van der Waals surface area contributed by atoms with Crippen LogP contribution < -0.4 is 14.8 Å². The molecule has 3 aromatic rings. The summed E-state index contributed by atoms with van der Waals surface area (Å²) in [6.07, 6.45) is 0.0460. The van der Waals surface area contributed by atoms with Crippen molar-refractivity contribution in [3.63, 3.8) is 0 Å². The van der Waals surface area contributed by atoms with Gasteiger partial charge < -0.3 is 14.8 Å². The van der Waals surface area contributed by atoms with Crippen LogP contribution in [0.3, 0.4) is 0 Å². The average molecular weight is 459 g/mol. The molecule has 1 N–H and O–H groups in total. The second-order valence-corrected chi connectivity index (χ2v) is 7.51. The van der Waals surface area contributed by atoms with Gasteiger partial charge in [0.15, 0.2) is 0 Å². The molecule has 0 spiro atoms. The van der Waals surface area contributed by atoms with Crippen LogP contribution in [-0.4, -0.2) is 17.5 Å². The van der Waals surface area contributed by atoms with Gasteiger partial charge in [-0.3, -0.25) is 4.79 Å². The van der Waals surface area contributed by atoms with Crippen molar-refractivity contribution in [3.8, 4) is 11.5 Å². The number of nitrogens with one attached hydrogen (secondary N) is 1. The number of rotatable bonds is 8. The number of amides is 1. The minimum atomic E-state index is -2.98. The number of hydrogen-bond donors (Lipinski definition) is 1. The van der Waals surface area contributed by atoms with Crippen molar-refractivity contribution >= 4 is 46.1 Å². The standard InChI is InChI=1S/C19H14Cl2F2N2O3S/c20-11-1-4-14(5-2-11)27-9-18-25-13(10-29-18)8-17(26)24-12-3-6-16(15(21)7-12)28-19(22)23/h1-7,10,19H,8-9H2,(H,24,26). The van der Waals surface area contributed by atoms with Crippen LogP contribution in [0.5, 0.6) is 11.5 Å². The van der Waals surface area contributed by atoms with Crippen LogP contribution in [0.1, 0.15) is 10.7 Å². The number of nitrogens with zero attached hydrogens (tertiary/aromatic N) is 1. The first kappa shape index (κ1) is 21.3. The lowest BCUT2D eigenvalue weighted by Crippen LogP contribution is -2.14. The summed E-state index contributed by atoms with van der Waals surface area (Å²) in [5, 5.41) is 5.72. The summed E-state index contributed by atoms with van der Waals surface area (Å²) in [7, 11) is 0. The van der Waals surface area contributed by atoms with E-state index in [1.807, 2.05) is 0 Å². The highest BCUT2D eigenvalue weighted by atomic mass is 35.5. The van der Waals surface area contributed by atoms with E-state index in [2.05, 4.69) is 15.0 Å². The number of alkyl halides is 2. The molecular weight excluding hydrogens is 445 g/mol. The molecule has 1 aromatic heterocycles. The molecule has 1 heterocycles. The van der Waals surface area contributed by atoms with Gasteiger partial charge in [-0.2, -0.15) is 8.78 Å². The number of hydrogen-bond acceptors (Lipinski definition) is 5. The third-order valence-corrected chi connectivity index (χ3v) is 4.97. The Kier molecular flexibility index (Phi) is 7.24. The van der Waals surface area contributed by atoms with Gasteiger partial charge in [-0.05, 0) is 42.5 Å². The predicted molar refractivity (Wildman–Crippen MR) is 108 cm³/mol. The van der Waals surface area contributed by atoms with E-state index in [4.69, 9.17) is 27.9 Å². The lowest BCUT2D eigenvalue weighted by molar-refractivity contribution is -0.115. The summed E-state index contributed by atoms with van der Waals surface area (Å²) in [5.41, 5.74) is 0.953. The molecule has 10 heteroatoms. The Hall–Kier alpha value is -2.42. The molecule has 0 radical (unpaired) electrons. The molecule has 0 aliphatic rings. The highest BCUT2D eigenvalue weighted by molar-refractivity contribution is 7.09. The third kappa shape index (κ3) is 6.56. The Morgan fingerprint density at radius 3 is 2.62 bits per heavy atom. The summed E-state index contributed by atoms with van der Waals surface area (Å²) < 4.78 is 34.4. The Bertz CT molecular complexity index is 984. The van der Waals surface area contributed by atoms with E-state index in [9.17, 15) is 13.6 Å². The summed E-state index contributed by atoms with van der Waals surface area (Å²) in [6.45, 7) is -2.70. The molecule has 29 heavy (non-hydrogen) atoms. The van der Waals surface area contributed by atoms with Crippen molar-refractivity contribution in [1.29, 1.82) is 0 Å². The maximum Gasteiger partial charge on any atom is 0.387 e. The first-order valence-corrected chi connectivity index (χ1v) is 9.88. The maximum absolute atomic E-state index is 12.3. The third-order valence-electron chi connectivity index (χ3n) is 3.55. The lowest BCUT2D eigenvalue weighted by Gasteiger charge is -2.09.